The van der Waals surface area contributed by atoms with Crippen LogP contribution in [0.5, 0.6) is 0 Å². The van der Waals surface area contributed by atoms with E-state index in [1.54, 1.807) is 29.3 Å². The Morgan fingerprint density at radius 2 is 2.29 bits per heavy atom. The Balaban J connectivity index is 2.13. The van der Waals surface area contributed by atoms with Gasteiger partial charge in [-0.2, -0.15) is 4.98 Å². The molecule has 0 saturated carbocycles. The van der Waals surface area contributed by atoms with Gasteiger partial charge in [-0.15, -0.1) is 11.3 Å². The second-order valence-electron chi connectivity index (χ2n) is 3.33. The van der Waals surface area contributed by atoms with Crippen molar-refractivity contribution in [3.63, 3.8) is 0 Å². The second kappa shape index (κ2) is 5.71. The molecule has 0 aliphatic carbocycles. The SMILES string of the molecule is CCn1ccc(=O)nc1SCc1ccc(Cl)s1. The first-order chi connectivity index (χ1) is 8.19. The molecule has 3 nitrogen and oxygen atoms in total. The lowest BCUT2D eigenvalue weighted by molar-refractivity contribution is 0.640. The summed E-state index contributed by atoms with van der Waals surface area (Å²) in [4.78, 5) is 16.4. The molecular weight excluding hydrogens is 276 g/mol. The van der Waals surface area contributed by atoms with Crippen molar-refractivity contribution >= 4 is 34.7 Å². The molecular formula is C11H11ClN2OS2. The molecule has 90 valence electrons. The predicted octanol–water partition coefficient (Wildman–Crippen LogP) is 3.27. The highest BCUT2D eigenvalue weighted by atomic mass is 35.5. The monoisotopic (exact) mass is 286 g/mol. The molecule has 0 fully saturated rings. The Morgan fingerprint density at radius 3 is 2.94 bits per heavy atom. The Morgan fingerprint density at radius 1 is 1.47 bits per heavy atom. The molecule has 0 unspecified atom stereocenters. The highest BCUT2D eigenvalue weighted by molar-refractivity contribution is 7.98. The first kappa shape index (κ1) is 12.7. The lowest BCUT2D eigenvalue weighted by atomic mass is 10.5. The van der Waals surface area contributed by atoms with Crippen LogP contribution in [0.3, 0.4) is 0 Å². The van der Waals surface area contributed by atoms with Crippen molar-refractivity contribution in [3.8, 4) is 0 Å². The van der Waals surface area contributed by atoms with E-state index >= 15 is 0 Å². The van der Waals surface area contributed by atoms with Gasteiger partial charge in [-0.3, -0.25) is 4.79 Å². The van der Waals surface area contributed by atoms with Gasteiger partial charge >= 0.3 is 0 Å². The fraction of sp³-hybridized carbons (Fsp3) is 0.273. The maximum atomic E-state index is 11.2. The number of nitrogens with zero attached hydrogens (tertiary/aromatic N) is 2. The minimum Gasteiger partial charge on any atom is -0.328 e. The average molecular weight is 287 g/mol. The van der Waals surface area contributed by atoms with Crippen LogP contribution in [0.25, 0.3) is 0 Å². The van der Waals surface area contributed by atoms with Crippen molar-refractivity contribution in [1.82, 2.24) is 9.55 Å². The van der Waals surface area contributed by atoms with Gasteiger partial charge in [0.15, 0.2) is 5.16 Å². The van der Waals surface area contributed by atoms with Gasteiger partial charge < -0.3 is 4.57 Å². The fourth-order valence-corrected chi connectivity index (χ4v) is 3.51. The van der Waals surface area contributed by atoms with Crippen LogP contribution in [-0.4, -0.2) is 9.55 Å². The molecule has 0 N–H and O–H groups in total. The maximum Gasteiger partial charge on any atom is 0.273 e. The van der Waals surface area contributed by atoms with Crippen molar-refractivity contribution in [2.24, 2.45) is 0 Å². The summed E-state index contributed by atoms with van der Waals surface area (Å²) >= 11 is 8.97. The van der Waals surface area contributed by atoms with Crippen molar-refractivity contribution in [1.29, 1.82) is 0 Å². The van der Waals surface area contributed by atoms with Crippen molar-refractivity contribution < 1.29 is 0 Å². The van der Waals surface area contributed by atoms with Crippen LogP contribution in [0.4, 0.5) is 0 Å². The first-order valence-corrected chi connectivity index (χ1v) is 7.31. The lowest BCUT2D eigenvalue weighted by Crippen LogP contribution is -2.12. The number of rotatable bonds is 4. The van der Waals surface area contributed by atoms with E-state index in [-0.39, 0.29) is 5.56 Å². The van der Waals surface area contributed by atoms with Crippen LogP contribution in [0, 0.1) is 0 Å². The lowest BCUT2D eigenvalue weighted by Gasteiger charge is -2.07. The molecule has 2 heterocycles. The number of halogens is 1. The van der Waals surface area contributed by atoms with Gasteiger partial charge in [0.1, 0.15) is 0 Å². The standard InChI is InChI=1S/C11H11ClN2OS2/c1-2-14-6-5-10(15)13-11(14)16-7-8-3-4-9(12)17-8/h3-6H,2,7H2,1H3. The van der Waals surface area contributed by atoms with Gasteiger partial charge in [0.2, 0.25) is 0 Å². The molecule has 0 spiro atoms. The Bertz CT molecular complexity index is 565. The molecule has 0 amide bonds. The molecule has 0 aliphatic heterocycles. The van der Waals surface area contributed by atoms with Gasteiger partial charge in [0, 0.05) is 29.4 Å². The van der Waals surface area contributed by atoms with E-state index in [9.17, 15) is 4.79 Å². The van der Waals surface area contributed by atoms with Gasteiger partial charge in [0.25, 0.3) is 5.56 Å². The van der Waals surface area contributed by atoms with Gasteiger partial charge in [-0.05, 0) is 19.1 Å². The first-order valence-electron chi connectivity index (χ1n) is 5.13. The molecule has 0 atom stereocenters. The molecule has 0 aliphatic rings. The Kier molecular flexibility index (Phi) is 4.25. The summed E-state index contributed by atoms with van der Waals surface area (Å²) in [7, 11) is 0. The molecule has 17 heavy (non-hydrogen) atoms. The summed E-state index contributed by atoms with van der Waals surface area (Å²) < 4.78 is 2.75. The molecule has 2 aromatic heterocycles. The highest BCUT2D eigenvalue weighted by Gasteiger charge is 2.04. The number of thiophene rings is 1. The Labute approximate surface area is 112 Å². The van der Waals surface area contributed by atoms with Crippen LogP contribution >= 0.6 is 34.7 Å². The van der Waals surface area contributed by atoms with Gasteiger partial charge in [-0.25, -0.2) is 0 Å². The van der Waals surface area contributed by atoms with E-state index in [0.29, 0.717) is 0 Å². The fourth-order valence-electron chi connectivity index (χ4n) is 1.33. The molecule has 0 saturated heterocycles. The van der Waals surface area contributed by atoms with E-state index < -0.39 is 0 Å². The quantitative estimate of drug-likeness (QED) is 0.639. The van der Waals surface area contributed by atoms with Gasteiger partial charge in [0.05, 0.1) is 4.34 Å². The summed E-state index contributed by atoms with van der Waals surface area (Å²) in [6, 6.07) is 5.36. The molecule has 0 bridgehead atoms. The summed E-state index contributed by atoms with van der Waals surface area (Å²) in [6.45, 7) is 2.83. The summed E-state index contributed by atoms with van der Waals surface area (Å²) in [5.41, 5.74) is -0.193. The Hall–Kier alpha value is -0.780. The van der Waals surface area contributed by atoms with Crippen LogP contribution < -0.4 is 5.56 Å². The smallest absolute Gasteiger partial charge is 0.273 e. The summed E-state index contributed by atoms with van der Waals surface area (Å²) in [5.74, 6) is 0.786. The van der Waals surface area contributed by atoms with Crippen LogP contribution in [-0.2, 0) is 12.3 Å². The van der Waals surface area contributed by atoms with Crippen LogP contribution in [0.15, 0.2) is 34.3 Å². The van der Waals surface area contributed by atoms with E-state index in [1.807, 2.05) is 23.6 Å². The predicted molar refractivity (Wildman–Crippen MR) is 73.1 cm³/mol. The van der Waals surface area contributed by atoms with Gasteiger partial charge in [-0.1, -0.05) is 23.4 Å². The third-order valence-corrected chi connectivity index (χ3v) is 4.61. The number of hydrogen-bond donors (Lipinski definition) is 0. The van der Waals surface area contributed by atoms with E-state index in [1.165, 1.54) is 10.9 Å². The zero-order valence-corrected chi connectivity index (χ0v) is 11.6. The van der Waals surface area contributed by atoms with Crippen molar-refractivity contribution in [3.05, 3.63) is 44.0 Å². The van der Waals surface area contributed by atoms with E-state index in [0.717, 1.165) is 21.8 Å². The minimum absolute atomic E-state index is 0.193. The maximum absolute atomic E-state index is 11.2. The number of aromatic nitrogens is 2. The molecule has 6 heteroatoms. The molecule has 0 radical (unpaired) electrons. The highest BCUT2D eigenvalue weighted by Crippen LogP contribution is 2.27. The molecule has 0 aromatic carbocycles. The second-order valence-corrected chi connectivity index (χ2v) is 6.07. The van der Waals surface area contributed by atoms with Crippen LogP contribution in [0.2, 0.25) is 4.34 Å². The minimum atomic E-state index is -0.193. The third-order valence-electron chi connectivity index (χ3n) is 2.16. The average Bonchev–Trinajstić information content (AvgIpc) is 2.73. The van der Waals surface area contributed by atoms with Crippen molar-refractivity contribution in [2.75, 3.05) is 0 Å². The zero-order chi connectivity index (χ0) is 12.3. The number of aryl methyl sites for hydroxylation is 1. The van der Waals surface area contributed by atoms with E-state index in [2.05, 4.69) is 4.98 Å². The summed E-state index contributed by atoms with van der Waals surface area (Å²) in [5, 5.41) is 0.754. The normalized spacial score (nSPS) is 10.7. The van der Waals surface area contributed by atoms with E-state index in [4.69, 9.17) is 11.6 Å². The van der Waals surface area contributed by atoms with Crippen LogP contribution in [0.1, 0.15) is 11.8 Å². The largest absolute Gasteiger partial charge is 0.328 e. The number of thioether (sulfide) groups is 1. The topological polar surface area (TPSA) is 34.9 Å². The summed E-state index contributed by atoms with van der Waals surface area (Å²) in [6.07, 6.45) is 1.78. The molecule has 2 aromatic rings. The number of hydrogen-bond acceptors (Lipinski definition) is 4. The third kappa shape index (κ3) is 3.34. The molecule has 2 rings (SSSR count). The van der Waals surface area contributed by atoms with Crippen molar-refractivity contribution in [2.45, 2.75) is 24.4 Å². The zero-order valence-electron chi connectivity index (χ0n) is 9.22.